The number of benzene rings is 3. The van der Waals surface area contributed by atoms with Crippen molar-refractivity contribution in [1.82, 2.24) is 5.43 Å². The van der Waals surface area contributed by atoms with E-state index in [4.69, 9.17) is 32.7 Å². The largest absolute Gasteiger partial charge is 0.497 e. The van der Waals surface area contributed by atoms with E-state index in [0.29, 0.717) is 22.4 Å². The quantitative estimate of drug-likeness (QED) is 0.290. The molecule has 5 nitrogen and oxygen atoms in total. The fourth-order valence-corrected chi connectivity index (χ4v) is 3.63. The normalized spacial score (nSPS) is 10.8. The second kappa shape index (κ2) is 11.2. The molecule has 0 saturated carbocycles. The molecule has 0 bridgehead atoms. The van der Waals surface area contributed by atoms with Crippen molar-refractivity contribution in [3.05, 3.63) is 91.9 Å². The summed E-state index contributed by atoms with van der Waals surface area (Å²) in [7, 11) is 1.60. The van der Waals surface area contributed by atoms with Crippen LogP contribution < -0.4 is 14.9 Å². The Balaban J connectivity index is 1.52. The van der Waals surface area contributed by atoms with Crippen LogP contribution in [0.1, 0.15) is 16.7 Å². The minimum atomic E-state index is -0.208. The topological polar surface area (TPSA) is 59.9 Å². The van der Waals surface area contributed by atoms with E-state index < -0.39 is 0 Å². The number of ether oxygens (including phenoxy) is 2. The third-order valence-electron chi connectivity index (χ3n) is 4.28. The van der Waals surface area contributed by atoms with Crippen molar-refractivity contribution in [1.29, 1.82) is 0 Å². The molecule has 0 radical (unpaired) electrons. The van der Waals surface area contributed by atoms with Crippen molar-refractivity contribution in [2.24, 2.45) is 5.10 Å². The van der Waals surface area contributed by atoms with Gasteiger partial charge in [-0.15, -0.1) is 0 Å². The minimum Gasteiger partial charge on any atom is -0.497 e. The van der Waals surface area contributed by atoms with E-state index >= 15 is 0 Å². The molecule has 1 amide bonds. The summed E-state index contributed by atoms with van der Waals surface area (Å²) in [5, 5.41) is 5.15. The van der Waals surface area contributed by atoms with E-state index in [2.05, 4.69) is 26.5 Å². The van der Waals surface area contributed by atoms with Crippen molar-refractivity contribution in [2.75, 3.05) is 7.11 Å². The Hall–Kier alpha value is -2.54. The predicted octanol–water partition coefficient (Wildman–Crippen LogP) is 6.04. The molecule has 0 aromatic heterocycles. The second-order valence-electron chi connectivity index (χ2n) is 6.53. The number of nitrogens with zero attached hydrogens (tertiary/aromatic N) is 1. The van der Waals surface area contributed by atoms with Crippen LogP contribution in [0.15, 0.2) is 70.2 Å². The van der Waals surface area contributed by atoms with E-state index in [1.807, 2.05) is 48.5 Å². The number of hydrazone groups is 1. The van der Waals surface area contributed by atoms with Gasteiger partial charge in [0.2, 0.25) is 5.91 Å². The van der Waals surface area contributed by atoms with E-state index in [-0.39, 0.29) is 12.3 Å². The summed E-state index contributed by atoms with van der Waals surface area (Å²) in [5.41, 5.74) is 5.04. The second-order valence-corrected chi connectivity index (χ2v) is 8.23. The van der Waals surface area contributed by atoms with Crippen LogP contribution in [0.3, 0.4) is 0 Å². The molecular weight excluding hydrogens is 503 g/mol. The molecule has 0 spiro atoms. The molecular formula is C23H19BrCl2N2O3. The standard InChI is InChI=1S/C23H19BrCl2N2O3/c1-30-19-7-2-15(3-8-19)11-23(29)28-27-13-16-4-9-22(20(24)10-16)31-14-17-5-6-18(25)12-21(17)26/h2-10,12-13H,11,14H2,1H3,(H,28,29)/b27-13-. The Morgan fingerprint density at radius 1 is 1.10 bits per heavy atom. The van der Waals surface area contributed by atoms with Gasteiger partial charge in [-0.25, -0.2) is 5.43 Å². The first-order valence-corrected chi connectivity index (χ1v) is 10.8. The van der Waals surface area contributed by atoms with Gasteiger partial charge in [0, 0.05) is 15.6 Å². The third kappa shape index (κ3) is 6.99. The van der Waals surface area contributed by atoms with Crippen LogP contribution >= 0.6 is 39.1 Å². The van der Waals surface area contributed by atoms with Crippen LogP contribution in [0, 0.1) is 0 Å². The Kier molecular flexibility index (Phi) is 8.35. The summed E-state index contributed by atoms with van der Waals surface area (Å²) in [4.78, 5) is 12.0. The first kappa shape index (κ1) is 23.1. The molecule has 3 aromatic rings. The zero-order valence-corrected chi connectivity index (χ0v) is 19.7. The lowest BCUT2D eigenvalue weighted by molar-refractivity contribution is -0.120. The smallest absolute Gasteiger partial charge is 0.244 e. The Labute approximate surface area is 199 Å². The summed E-state index contributed by atoms with van der Waals surface area (Å²) in [6.45, 7) is 0.309. The summed E-state index contributed by atoms with van der Waals surface area (Å²) in [6.07, 6.45) is 1.79. The van der Waals surface area contributed by atoms with Gasteiger partial charge in [0.15, 0.2) is 0 Å². The molecule has 0 aliphatic rings. The molecule has 0 unspecified atom stereocenters. The fourth-order valence-electron chi connectivity index (χ4n) is 2.66. The summed E-state index contributed by atoms with van der Waals surface area (Å²) < 4.78 is 11.7. The fraction of sp³-hybridized carbons (Fsp3) is 0.130. The summed E-state index contributed by atoms with van der Waals surface area (Å²) in [6, 6.07) is 18.1. The minimum absolute atomic E-state index is 0.208. The van der Waals surface area contributed by atoms with Crippen LogP contribution in [0.5, 0.6) is 11.5 Å². The summed E-state index contributed by atoms with van der Waals surface area (Å²) >= 11 is 15.6. The molecule has 3 rings (SSSR count). The zero-order chi connectivity index (χ0) is 22.2. The maximum Gasteiger partial charge on any atom is 0.244 e. The first-order valence-electron chi connectivity index (χ1n) is 9.25. The van der Waals surface area contributed by atoms with E-state index in [0.717, 1.165) is 26.9 Å². The van der Waals surface area contributed by atoms with Crippen molar-refractivity contribution in [3.63, 3.8) is 0 Å². The van der Waals surface area contributed by atoms with Crippen LogP contribution in [0.2, 0.25) is 10.0 Å². The van der Waals surface area contributed by atoms with Gasteiger partial charge >= 0.3 is 0 Å². The maximum atomic E-state index is 12.0. The number of methoxy groups -OCH3 is 1. The maximum absolute atomic E-state index is 12.0. The number of carbonyl (C=O) groups excluding carboxylic acids is 1. The predicted molar refractivity (Wildman–Crippen MR) is 127 cm³/mol. The van der Waals surface area contributed by atoms with Crippen molar-refractivity contribution >= 4 is 51.3 Å². The van der Waals surface area contributed by atoms with Gasteiger partial charge in [-0.05, 0) is 69.5 Å². The summed E-state index contributed by atoms with van der Waals surface area (Å²) in [5.74, 6) is 1.20. The van der Waals surface area contributed by atoms with Gasteiger partial charge < -0.3 is 9.47 Å². The average molecular weight is 522 g/mol. The molecule has 0 fully saturated rings. The lowest BCUT2D eigenvalue weighted by Crippen LogP contribution is -2.19. The Morgan fingerprint density at radius 3 is 2.55 bits per heavy atom. The Bertz CT molecular complexity index is 1090. The van der Waals surface area contributed by atoms with E-state index in [9.17, 15) is 4.79 Å². The van der Waals surface area contributed by atoms with Gasteiger partial charge in [-0.2, -0.15) is 5.10 Å². The number of hydrogen-bond donors (Lipinski definition) is 1. The van der Waals surface area contributed by atoms with Gasteiger partial charge in [0.1, 0.15) is 18.1 Å². The van der Waals surface area contributed by atoms with Crippen LogP contribution in [-0.2, 0) is 17.8 Å². The molecule has 0 atom stereocenters. The molecule has 3 aromatic carbocycles. The molecule has 0 aliphatic heterocycles. The number of amides is 1. The van der Waals surface area contributed by atoms with Gasteiger partial charge in [0.25, 0.3) is 0 Å². The highest BCUT2D eigenvalue weighted by molar-refractivity contribution is 9.10. The Morgan fingerprint density at radius 2 is 1.87 bits per heavy atom. The molecule has 0 aliphatic carbocycles. The lowest BCUT2D eigenvalue weighted by Gasteiger charge is -2.10. The SMILES string of the molecule is COc1ccc(CC(=O)N/N=C\c2ccc(OCc3ccc(Cl)cc3Cl)c(Br)c2)cc1. The van der Waals surface area contributed by atoms with Crippen molar-refractivity contribution in [3.8, 4) is 11.5 Å². The highest BCUT2D eigenvalue weighted by Crippen LogP contribution is 2.28. The highest BCUT2D eigenvalue weighted by atomic mass is 79.9. The molecule has 0 saturated heterocycles. The monoisotopic (exact) mass is 520 g/mol. The van der Waals surface area contributed by atoms with Crippen LogP contribution in [-0.4, -0.2) is 19.2 Å². The van der Waals surface area contributed by atoms with E-state index in [1.54, 1.807) is 25.5 Å². The van der Waals surface area contributed by atoms with Crippen LogP contribution in [0.25, 0.3) is 0 Å². The molecule has 1 N–H and O–H groups in total. The first-order chi connectivity index (χ1) is 14.9. The average Bonchev–Trinajstić information content (AvgIpc) is 2.75. The van der Waals surface area contributed by atoms with E-state index in [1.165, 1.54) is 0 Å². The molecule has 31 heavy (non-hydrogen) atoms. The van der Waals surface area contributed by atoms with Crippen molar-refractivity contribution in [2.45, 2.75) is 13.0 Å². The number of nitrogens with one attached hydrogen (secondary N) is 1. The van der Waals surface area contributed by atoms with Crippen molar-refractivity contribution < 1.29 is 14.3 Å². The lowest BCUT2D eigenvalue weighted by atomic mass is 10.1. The van der Waals surface area contributed by atoms with Gasteiger partial charge in [0.05, 0.1) is 24.2 Å². The molecule has 8 heteroatoms. The number of halogens is 3. The van der Waals surface area contributed by atoms with Crippen LogP contribution in [0.4, 0.5) is 0 Å². The zero-order valence-electron chi connectivity index (χ0n) is 16.6. The number of hydrogen-bond acceptors (Lipinski definition) is 4. The highest BCUT2D eigenvalue weighted by Gasteiger charge is 2.06. The number of carbonyl (C=O) groups is 1. The molecule has 0 heterocycles. The molecule has 160 valence electrons. The number of rotatable bonds is 8. The van der Waals surface area contributed by atoms with Gasteiger partial charge in [-0.1, -0.05) is 41.4 Å². The van der Waals surface area contributed by atoms with Gasteiger partial charge in [-0.3, -0.25) is 4.79 Å². The third-order valence-corrected chi connectivity index (χ3v) is 5.49.